The largest absolute Gasteiger partial charge is 0.456 e. The maximum Gasteiger partial charge on any atom is 0.144 e. The third-order valence-electron chi connectivity index (χ3n) is 9.56. The number of aromatic nitrogens is 1. The van der Waals surface area contributed by atoms with Gasteiger partial charge in [0.05, 0.1) is 16.8 Å². The van der Waals surface area contributed by atoms with Gasteiger partial charge in [0.1, 0.15) is 22.3 Å². The van der Waals surface area contributed by atoms with Crippen molar-refractivity contribution in [1.29, 1.82) is 0 Å². The maximum absolute atomic E-state index is 6.68. The number of furan rings is 2. The molecule has 0 saturated carbocycles. The zero-order chi connectivity index (χ0) is 32.3. The Morgan fingerprint density at radius 2 is 1.10 bits per heavy atom. The van der Waals surface area contributed by atoms with Gasteiger partial charge in [-0.25, -0.2) is 0 Å². The van der Waals surface area contributed by atoms with Crippen molar-refractivity contribution in [2.45, 2.75) is 0 Å². The molecule has 3 aromatic heterocycles. The Kier molecular flexibility index (Phi) is 6.15. The Hall–Kier alpha value is -6.65. The lowest BCUT2D eigenvalue weighted by Crippen LogP contribution is -2.11. The number of pyridine rings is 1. The zero-order valence-corrected chi connectivity index (χ0v) is 26.4. The number of hydrogen-bond acceptors (Lipinski definition) is 4. The highest BCUT2D eigenvalue weighted by Crippen LogP contribution is 2.49. The van der Waals surface area contributed by atoms with Crippen molar-refractivity contribution in [2.75, 3.05) is 4.90 Å². The van der Waals surface area contributed by atoms with E-state index in [2.05, 4.69) is 149 Å². The van der Waals surface area contributed by atoms with E-state index in [9.17, 15) is 0 Å². The lowest BCUT2D eigenvalue weighted by Gasteiger charge is -2.28. The van der Waals surface area contributed by atoms with Gasteiger partial charge >= 0.3 is 0 Å². The Balaban J connectivity index is 1.34. The van der Waals surface area contributed by atoms with Crippen LogP contribution in [0, 0.1) is 0 Å². The fraction of sp³-hybridized carbons (Fsp3) is 0. The van der Waals surface area contributed by atoms with Crippen LogP contribution in [0.15, 0.2) is 179 Å². The van der Waals surface area contributed by atoms with Gasteiger partial charge in [-0.2, -0.15) is 0 Å². The normalized spacial score (nSPS) is 11.7. The van der Waals surface area contributed by atoms with Gasteiger partial charge in [-0.15, -0.1) is 0 Å². The van der Waals surface area contributed by atoms with E-state index in [-0.39, 0.29) is 0 Å². The molecule has 7 aromatic carbocycles. The van der Waals surface area contributed by atoms with E-state index in [1.807, 2.05) is 24.4 Å². The van der Waals surface area contributed by atoms with Crippen molar-refractivity contribution in [3.8, 4) is 22.3 Å². The number of nitrogens with zero attached hydrogens (tertiary/aromatic N) is 2. The average Bonchev–Trinajstić information content (AvgIpc) is 3.75. The molecule has 3 heterocycles. The lowest BCUT2D eigenvalue weighted by molar-refractivity contribution is 0.669. The molecule has 4 heteroatoms. The fourth-order valence-electron chi connectivity index (χ4n) is 7.34. The quantitative estimate of drug-likeness (QED) is 0.190. The summed E-state index contributed by atoms with van der Waals surface area (Å²) in [6.07, 6.45) is 3.70. The molecule has 10 aromatic rings. The molecular weight excluding hydrogens is 601 g/mol. The van der Waals surface area contributed by atoms with Gasteiger partial charge in [0.25, 0.3) is 0 Å². The standard InChI is InChI=1S/C45H28N2O2/c1-3-11-29(12-4-1)30-21-23-32(24-22-30)47(38-18-10-20-42-44(38)35-15-7-8-19-40(35)48-42)39-27-36-37-28-46-26-25-41(37)49-45(36)43-33(16-9-17-34(39)43)31-13-5-2-6-14-31/h1-28H. The van der Waals surface area contributed by atoms with Crippen LogP contribution in [-0.2, 0) is 0 Å². The molecular formula is C45H28N2O2. The van der Waals surface area contributed by atoms with Crippen LogP contribution in [0.2, 0.25) is 0 Å². The Labute approximate surface area is 282 Å². The summed E-state index contributed by atoms with van der Waals surface area (Å²) in [5.41, 5.74) is 11.1. The summed E-state index contributed by atoms with van der Waals surface area (Å²) in [6.45, 7) is 0. The van der Waals surface area contributed by atoms with Crippen LogP contribution in [0.3, 0.4) is 0 Å². The minimum absolute atomic E-state index is 0.813. The van der Waals surface area contributed by atoms with E-state index in [4.69, 9.17) is 8.83 Å². The number of benzene rings is 7. The van der Waals surface area contributed by atoms with Gasteiger partial charge in [-0.05, 0) is 64.7 Å². The summed E-state index contributed by atoms with van der Waals surface area (Å²) in [5, 5.41) is 6.29. The second-order valence-electron chi connectivity index (χ2n) is 12.3. The van der Waals surface area contributed by atoms with Crippen LogP contribution in [0.4, 0.5) is 17.1 Å². The van der Waals surface area contributed by atoms with Crippen molar-refractivity contribution < 1.29 is 8.83 Å². The fourth-order valence-corrected chi connectivity index (χ4v) is 7.34. The molecule has 0 bridgehead atoms. The highest BCUT2D eigenvalue weighted by molar-refractivity contribution is 6.24. The van der Waals surface area contributed by atoms with Crippen LogP contribution >= 0.6 is 0 Å². The first-order valence-electron chi connectivity index (χ1n) is 16.4. The van der Waals surface area contributed by atoms with Gasteiger partial charge < -0.3 is 13.7 Å². The molecule has 0 aliphatic heterocycles. The summed E-state index contributed by atoms with van der Waals surface area (Å²) in [6, 6.07) is 55.3. The predicted molar refractivity (Wildman–Crippen MR) is 202 cm³/mol. The number of para-hydroxylation sites is 1. The third kappa shape index (κ3) is 4.35. The number of anilines is 3. The Bertz CT molecular complexity index is 2820. The van der Waals surface area contributed by atoms with Crippen molar-refractivity contribution in [1.82, 2.24) is 4.98 Å². The predicted octanol–water partition coefficient (Wildman–Crippen LogP) is 12.8. The van der Waals surface area contributed by atoms with Crippen LogP contribution in [0.1, 0.15) is 0 Å². The maximum atomic E-state index is 6.68. The third-order valence-corrected chi connectivity index (χ3v) is 9.56. The molecule has 0 spiro atoms. The molecule has 0 N–H and O–H groups in total. The summed E-state index contributed by atoms with van der Waals surface area (Å²) in [5.74, 6) is 0. The monoisotopic (exact) mass is 628 g/mol. The summed E-state index contributed by atoms with van der Waals surface area (Å²) >= 11 is 0. The Morgan fingerprint density at radius 3 is 1.94 bits per heavy atom. The van der Waals surface area contributed by atoms with Crippen LogP contribution in [0.5, 0.6) is 0 Å². The summed E-state index contributed by atoms with van der Waals surface area (Å²) in [7, 11) is 0. The van der Waals surface area contributed by atoms with E-state index in [1.165, 1.54) is 5.56 Å². The average molecular weight is 629 g/mol. The molecule has 0 saturated heterocycles. The zero-order valence-electron chi connectivity index (χ0n) is 26.4. The second kappa shape index (κ2) is 11.0. The SMILES string of the molecule is c1ccc(-c2ccc(N(c3cc4c5cnccc5oc4c4c(-c5ccccc5)cccc34)c3cccc4oc5ccccc5c34)cc2)cc1. The van der Waals surface area contributed by atoms with Gasteiger partial charge in [-0.3, -0.25) is 4.98 Å². The van der Waals surface area contributed by atoms with E-state index in [0.717, 1.165) is 88.4 Å². The first-order chi connectivity index (χ1) is 24.3. The van der Waals surface area contributed by atoms with Crippen LogP contribution < -0.4 is 4.90 Å². The number of hydrogen-bond donors (Lipinski definition) is 0. The van der Waals surface area contributed by atoms with Crippen molar-refractivity contribution in [2.24, 2.45) is 0 Å². The first-order valence-corrected chi connectivity index (χ1v) is 16.4. The highest BCUT2D eigenvalue weighted by Gasteiger charge is 2.25. The van der Waals surface area contributed by atoms with Crippen molar-refractivity contribution in [3.63, 3.8) is 0 Å². The van der Waals surface area contributed by atoms with Gasteiger partial charge in [0, 0.05) is 45.0 Å². The lowest BCUT2D eigenvalue weighted by atomic mass is 9.94. The molecule has 0 fully saturated rings. The molecule has 0 atom stereocenters. The van der Waals surface area contributed by atoms with Crippen LogP contribution in [-0.4, -0.2) is 4.98 Å². The molecule has 230 valence electrons. The molecule has 0 aliphatic carbocycles. The molecule has 49 heavy (non-hydrogen) atoms. The molecule has 10 rings (SSSR count). The van der Waals surface area contributed by atoms with Gasteiger partial charge in [0.15, 0.2) is 0 Å². The van der Waals surface area contributed by atoms with Crippen molar-refractivity contribution in [3.05, 3.63) is 170 Å². The minimum atomic E-state index is 0.813. The highest BCUT2D eigenvalue weighted by atomic mass is 16.3. The molecule has 4 nitrogen and oxygen atoms in total. The smallest absolute Gasteiger partial charge is 0.144 e. The van der Waals surface area contributed by atoms with Crippen LogP contribution in [0.25, 0.3) is 76.9 Å². The second-order valence-corrected chi connectivity index (χ2v) is 12.3. The van der Waals surface area contributed by atoms with E-state index < -0.39 is 0 Å². The summed E-state index contributed by atoms with van der Waals surface area (Å²) in [4.78, 5) is 6.89. The molecule has 0 amide bonds. The number of fused-ring (bicyclic) bond motifs is 8. The summed E-state index contributed by atoms with van der Waals surface area (Å²) < 4.78 is 13.1. The van der Waals surface area contributed by atoms with E-state index >= 15 is 0 Å². The molecule has 0 unspecified atom stereocenters. The van der Waals surface area contributed by atoms with Gasteiger partial charge in [0.2, 0.25) is 0 Å². The van der Waals surface area contributed by atoms with Crippen molar-refractivity contribution >= 4 is 71.7 Å². The molecule has 0 aliphatic rings. The molecule has 0 radical (unpaired) electrons. The van der Waals surface area contributed by atoms with E-state index in [0.29, 0.717) is 0 Å². The minimum Gasteiger partial charge on any atom is -0.456 e. The topological polar surface area (TPSA) is 42.4 Å². The number of rotatable bonds is 5. The van der Waals surface area contributed by atoms with Gasteiger partial charge in [-0.1, -0.05) is 115 Å². The Morgan fingerprint density at radius 1 is 0.429 bits per heavy atom. The van der Waals surface area contributed by atoms with E-state index in [1.54, 1.807) is 6.20 Å². The first kappa shape index (κ1) is 27.5.